The van der Waals surface area contributed by atoms with Gasteiger partial charge in [0.05, 0.1) is 11.9 Å². The first-order valence-corrected chi connectivity index (χ1v) is 6.98. The van der Waals surface area contributed by atoms with Gasteiger partial charge in [-0.25, -0.2) is 4.68 Å². The lowest BCUT2D eigenvalue weighted by atomic mass is 10.2. The van der Waals surface area contributed by atoms with Gasteiger partial charge in [0.25, 0.3) is 5.56 Å². The largest absolute Gasteiger partial charge is 0.380 e. The molecule has 1 aromatic heterocycles. The molecule has 5 heteroatoms. The molecule has 0 radical (unpaired) electrons. The molecule has 0 saturated heterocycles. The Balaban J connectivity index is 2.17. The van der Waals surface area contributed by atoms with Gasteiger partial charge >= 0.3 is 0 Å². The molecular weight excluding hydrogens is 250 g/mol. The molecule has 1 saturated carbocycles. The average Bonchev–Trinajstić information content (AvgIpc) is 2.81. The molecule has 4 nitrogen and oxygen atoms in total. The Bertz CT molecular complexity index is 464. The summed E-state index contributed by atoms with van der Waals surface area (Å²) in [5.41, 5.74) is 0.474. The summed E-state index contributed by atoms with van der Waals surface area (Å²) >= 11 is 6.12. The number of rotatable bonds is 4. The Morgan fingerprint density at radius 2 is 2.17 bits per heavy atom. The molecule has 1 heterocycles. The monoisotopic (exact) mass is 269 g/mol. The molecule has 100 valence electrons. The predicted octanol–water partition coefficient (Wildman–Crippen LogP) is 2.91. The van der Waals surface area contributed by atoms with E-state index in [0.29, 0.717) is 24.2 Å². The third-order valence-corrected chi connectivity index (χ3v) is 3.60. The van der Waals surface area contributed by atoms with Crippen molar-refractivity contribution < 1.29 is 0 Å². The van der Waals surface area contributed by atoms with Gasteiger partial charge in [-0.05, 0) is 18.8 Å². The minimum Gasteiger partial charge on any atom is -0.380 e. The van der Waals surface area contributed by atoms with Crippen LogP contribution < -0.4 is 10.9 Å². The third kappa shape index (κ3) is 3.05. The van der Waals surface area contributed by atoms with E-state index in [1.165, 1.54) is 17.5 Å². The van der Waals surface area contributed by atoms with Crippen LogP contribution in [0.25, 0.3) is 0 Å². The van der Waals surface area contributed by atoms with Crippen LogP contribution in [-0.4, -0.2) is 15.8 Å². The van der Waals surface area contributed by atoms with Crippen molar-refractivity contribution >= 4 is 17.3 Å². The van der Waals surface area contributed by atoms with Gasteiger partial charge in [0, 0.05) is 12.6 Å². The highest BCUT2D eigenvalue weighted by molar-refractivity contribution is 6.32. The summed E-state index contributed by atoms with van der Waals surface area (Å²) in [4.78, 5) is 12.0. The van der Waals surface area contributed by atoms with Crippen molar-refractivity contribution in [1.29, 1.82) is 0 Å². The summed E-state index contributed by atoms with van der Waals surface area (Å²) in [5, 5.41) is 7.76. The summed E-state index contributed by atoms with van der Waals surface area (Å²) in [5.74, 6) is 0.375. The fourth-order valence-corrected chi connectivity index (χ4v) is 2.53. The first-order chi connectivity index (χ1) is 8.58. The third-order valence-electron chi connectivity index (χ3n) is 3.24. The van der Waals surface area contributed by atoms with Gasteiger partial charge < -0.3 is 5.32 Å². The van der Waals surface area contributed by atoms with Crippen LogP contribution in [0.2, 0.25) is 5.02 Å². The fraction of sp³-hybridized carbons (Fsp3) is 0.692. The van der Waals surface area contributed by atoms with Gasteiger partial charge in [0.2, 0.25) is 0 Å². The smallest absolute Gasteiger partial charge is 0.287 e. The zero-order chi connectivity index (χ0) is 13.1. The summed E-state index contributed by atoms with van der Waals surface area (Å²) < 4.78 is 1.44. The molecule has 1 aliphatic carbocycles. The van der Waals surface area contributed by atoms with E-state index in [9.17, 15) is 4.79 Å². The lowest BCUT2D eigenvalue weighted by Crippen LogP contribution is -2.27. The maximum Gasteiger partial charge on any atom is 0.287 e. The van der Waals surface area contributed by atoms with Gasteiger partial charge in [0.1, 0.15) is 5.02 Å². The summed E-state index contributed by atoms with van der Waals surface area (Å²) in [6.45, 7) is 4.70. The first kappa shape index (κ1) is 13.4. The number of nitrogens with zero attached hydrogens (tertiary/aromatic N) is 2. The Morgan fingerprint density at radius 3 is 2.78 bits per heavy atom. The number of nitrogens with one attached hydrogen (secondary N) is 1. The Labute approximate surface area is 112 Å². The maximum absolute atomic E-state index is 12.0. The van der Waals surface area contributed by atoms with Gasteiger partial charge in [-0.3, -0.25) is 4.79 Å². The van der Waals surface area contributed by atoms with E-state index in [4.69, 9.17) is 11.6 Å². The number of halogens is 1. The van der Waals surface area contributed by atoms with Crippen molar-refractivity contribution in [3.8, 4) is 0 Å². The molecular formula is C13H20ClN3O. The quantitative estimate of drug-likeness (QED) is 0.914. The van der Waals surface area contributed by atoms with Crippen LogP contribution in [0, 0.1) is 5.92 Å². The molecule has 1 aromatic rings. The van der Waals surface area contributed by atoms with E-state index < -0.39 is 0 Å². The lowest BCUT2D eigenvalue weighted by Gasteiger charge is -2.15. The van der Waals surface area contributed by atoms with Crippen molar-refractivity contribution in [2.75, 3.05) is 5.32 Å². The van der Waals surface area contributed by atoms with E-state index in [-0.39, 0.29) is 10.6 Å². The van der Waals surface area contributed by atoms with Crippen molar-refractivity contribution in [2.24, 2.45) is 5.92 Å². The Kier molecular flexibility index (Phi) is 4.27. The maximum atomic E-state index is 12.0. The topological polar surface area (TPSA) is 46.9 Å². The molecule has 0 aromatic carbocycles. The number of aromatic nitrogens is 2. The molecule has 0 amide bonds. The molecule has 0 spiro atoms. The van der Waals surface area contributed by atoms with E-state index in [2.05, 4.69) is 10.4 Å². The zero-order valence-electron chi connectivity index (χ0n) is 10.9. The predicted molar refractivity (Wildman–Crippen MR) is 74.2 cm³/mol. The molecule has 1 aliphatic rings. The van der Waals surface area contributed by atoms with Crippen molar-refractivity contribution in [1.82, 2.24) is 9.78 Å². The second-order valence-corrected chi connectivity index (χ2v) is 5.76. The summed E-state index contributed by atoms with van der Waals surface area (Å²) in [6, 6.07) is 0.435. The van der Waals surface area contributed by atoms with E-state index >= 15 is 0 Å². The Hall–Kier alpha value is -1.03. The zero-order valence-corrected chi connectivity index (χ0v) is 11.7. The van der Waals surface area contributed by atoms with Crippen LogP contribution >= 0.6 is 11.6 Å². The molecule has 0 atom stereocenters. The number of anilines is 1. The molecule has 0 aliphatic heterocycles. The minimum absolute atomic E-state index is 0.201. The summed E-state index contributed by atoms with van der Waals surface area (Å²) in [6.07, 6.45) is 6.45. The van der Waals surface area contributed by atoms with Crippen LogP contribution in [0.4, 0.5) is 5.69 Å². The Morgan fingerprint density at radius 1 is 1.50 bits per heavy atom. The average molecular weight is 270 g/mol. The SMILES string of the molecule is CC(C)Cn1ncc(NC2CCCC2)c(Cl)c1=O. The van der Waals surface area contributed by atoms with Crippen LogP contribution in [0.5, 0.6) is 0 Å². The lowest BCUT2D eigenvalue weighted by molar-refractivity contribution is 0.464. The highest BCUT2D eigenvalue weighted by Gasteiger charge is 2.17. The molecule has 18 heavy (non-hydrogen) atoms. The van der Waals surface area contributed by atoms with E-state index in [1.54, 1.807) is 6.20 Å². The van der Waals surface area contributed by atoms with E-state index in [1.807, 2.05) is 13.8 Å². The van der Waals surface area contributed by atoms with Crippen LogP contribution in [0.1, 0.15) is 39.5 Å². The van der Waals surface area contributed by atoms with Crippen LogP contribution in [0.15, 0.2) is 11.0 Å². The highest BCUT2D eigenvalue weighted by atomic mass is 35.5. The van der Waals surface area contributed by atoms with Crippen LogP contribution in [-0.2, 0) is 6.54 Å². The number of hydrogen-bond donors (Lipinski definition) is 1. The van der Waals surface area contributed by atoms with Gasteiger partial charge in [-0.15, -0.1) is 0 Å². The second kappa shape index (κ2) is 5.74. The molecule has 1 fully saturated rings. The minimum atomic E-state index is -0.201. The van der Waals surface area contributed by atoms with E-state index in [0.717, 1.165) is 12.8 Å². The first-order valence-electron chi connectivity index (χ1n) is 6.60. The molecule has 0 unspecified atom stereocenters. The number of hydrogen-bond acceptors (Lipinski definition) is 3. The van der Waals surface area contributed by atoms with Gasteiger partial charge in [-0.2, -0.15) is 5.10 Å². The van der Waals surface area contributed by atoms with Crippen molar-refractivity contribution in [3.05, 3.63) is 21.6 Å². The second-order valence-electron chi connectivity index (χ2n) is 5.38. The summed E-state index contributed by atoms with van der Waals surface area (Å²) in [7, 11) is 0. The highest BCUT2D eigenvalue weighted by Crippen LogP contribution is 2.24. The van der Waals surface area contributed by atoms with Gasteiger partial charge in [0.15, 0.2) is 0 Å². The standard InChI is InChI=1S/C13H20ClN3O/c1-9(2)8-17-13(18)12(14)11(7-15-17)16-10-5-3-4-6-10/h7,9-10,16H,3-6,8H2,1-2H3. The van der Waals surface area contributed by atoms with Crippen molar-refractivity contribution in [3.63, 3.8) is 0 Å². The molecule has 0 bridgehead atoms. The molecule has 2 rings (SSSR count). The normalized spacial score (nSPS) is 16.4. The molecule has 1 N–H and O–H groups in total. The fourth-order valence-electron chi connectivity index (χ4n) is 2.33. The van der Waals surface area contributed by atoms with Crippen molar-refractivity contribution in [2.45, 2.75) is 52.1 Å². The van der Waals surface area contributed by atoms with Crippen LogP contribution in [0.3, 0.4) is 0 Å². The van der Waals surface area contributed by atoms with Gasteiger partial charge in [-0.1, -0.05) is 38.3 Å².